The van der Waals surface area contributed by atoms with Crippen molar-refractivity contribution in [3.05, 3.63) is 12.2 Å². The molecule has 1 amide bonds. The molecule has 148 valence electrons. The maximum atomic E-state index is 11.6. The van der Waals surface area contributed by atoms with E-state index < -0.39 is 0 Å². The third-order valence-corrected chi connectivity index (χ3v) is 4.55. The second kappa shape index (κ2) is 19.5. The fourth-order valence-electron chi connectivity index (χ4n) is 2.87. The van der Waals surface area contributed by atoms with E-state index in [1.165, 1.54) is 70.6 Å². The number of nitrogens with one attached hydrogen (secondary N) is 1. The molecule has 0 saturated heterocycles. The van der Waals surface area contributed by atoms with Gasteiger partial charge in [-0.1, -0.05) is 70.4 Å². The zero-order valence-electron chi connectivity index (χ0n) is 16.9. The number of rotatable bonds is 18. The van der Waals surface area contributed by atoms with E-state index in [2.05, 4.69) is 24.4 Å². The molecule has 0 saturated carbocycles. The standard InChI is InChI=1S/C22H43NO2/c1-3-4-5-6-7-8-9-10-11-12-13-14-15-16-17-18-22(25)23-20-19-21(2)24/h10-11,21,24H,3-9,12-20H2,1-2H3,(H,23,25)/b11-10-. The predicted molar refractivity (Wildman–Crippen MR) is 109 cm³/mol. The molecule has 0 rings (SSSR count). The lowest BCUT2D eigenvalue weighted by Gasteiger charge is -2.06. The van der Waals surface area contributed by atoms with Crippen LogP contribution in [0.5, 0.6) is 0 Å². The maximum Gasteiger partial charge on any atom is 0.219 e. The number of hydrogen-bond donors (Lipinski definition) is 2. The van der Waals surface area contributed by atoms with E-state index in [1.54, 1.807) is 6.92 Å². The van der Waals surface area contributed by atoms with Gasteiger partial charge in [0.25, 0.3) is 0 Å². The van der Waals surface area contributed by atoms with Crippen LogP contribution in [0.25, 0.3) is 0 Å². The van der Waals surface area contributed by atoms with Gasteiger partial charge in [-0.25, -0.2) is 0 Å². The minimum Gasteiger partial charge on any atom is -0.393 e. The van der Waals surface area contributed by atoms with Crippen molar-refractivity contribution in [1.29, 1.82) is 0 Å². The molecule has 3 nitrogen and oxygen atoms in total. The minimum atomic E-state index is -0.333. The highest BCUT2D eigenvalue weighted by atomic mass is 16.3. The van der Waals surface area contributed by atoms with Crippen LogP contribution in [0.1, 0.15) is 110 Å². The molecule has 1 unspecified atom stereocenters. The highest BCUT2D eigenvalue weighted by Crippen LogP contribution is 2.09. The molecule has 0 aliphatic heterocycles. The van der Waals surface area contributed by atoms with Gasteiger partial charge in [-0.2, -0.15) is 0 Å². The first-order valence-corrected chi connectivity index (χ1v) is 10.8. The fraction of sp³-hybridized carbons (Fsp3) is 0.864. The Morgan fingerprint density at radius 2 is 1.40 bits per heavy atom. The quantitative estimate of drug-likeness (QED) is 0.238. The van der Waals surface area contributed by atoms with E-state index >= 15 is 0 Å². The number of unbranched alkanes of at least 4 members (excludes halogenated alkanes) is 11. The van der Waals surface area contributed by atoms with Crippen molar-refractivity contribution < 1.29 is 9.90 Å². The van der Waals surface area contributed by atoms with Gasteiger partial charge in [0.05, 0.1) is 6.10 Å². The number of carbonyl (C=O) groups excluding carboxylic acids is 1. The summed E-state index contributed by atoms with van der Waals surface area (Å²) in [6, 6.07) is 0. The molecule has 0 heterocycles. The molecule has 2 N–H and O–H groups in total. The molecule has 3 heteroatoms. The number of aliphatic hydroxyl groups is 1. The van der Waals surface area contributed by atoms with Crippen LogP contribution < -0.4 is 5.32 Å². The van der Waals surface area contributed by atoms with Gasteiger partial charge >= 0.3 is 0 Å². The monoisotopic (exact) mass is 353 g/mol. The Morgan fingerprint density at radius 3 is 1.96 bits per heavy atom. The van der Waals surface area contributed by atoms with Gasteiger partial charge in [0.1, 0.15) is 0 Å². The van der Waals surface area contributed by atoms with Crippen molar-refractivity contribution in [2.45, 2.75) is 116 Å². The third-order valence-electron chi connectivity index (χ3n) is 4.55. The van der Waals surface area contributed by atoms with Crippen LogP contribution in [-0.2, 0) is 4.79 Å². The summed E-state index contributed by atoms with van der Waals surface area (Å²) in [6.07, 6.45) is 22.2. The summed E-state index contributed by atoms with van der Waals surface area (Å²) in [5.74, 6) is 0.123. The van der Waals surface area contributed by atoms with Crippen LogP contribution in [0, 0.1) is 0 Å². The predicted octanol–water partition coefficient (Wildman–Crippen LogP) is 5.91. The summed E-state index contributed by atoms with van der Waals surface area (Å²) >= 11 is 0. The molecule has 0 fully saturated rings. The van der Waals surface area contributed by atoms with E-state index in [4.69, 9.17) is 5.11 Å². The molecule has 25 heavy (non-hydrogen) atoms. The van der Waals surface area contributed by atoms with Crippen molar-refractivity contribution in [3.63, 3.8) is 0 Å². The molecule has 0 aromatic heterocycles. The van der Waals surface area contributed by atoms with Crippen molar-refractivity contribution in [2.75, 3.05) is 6.54 Å². The van der Waals surface area contributed by atoms with E-state index in [9.17, 15) is 4.79 Å². The van der Waals surface area contributed by atoms with E-state index in [0.717, 1.165) is 12.8 Å². The highest BCUT2D eigenvalue weighted by Gasteiger charge is 2.01. The first-order chi connectivity index (χ1) is 12.2. The average molecular weight is 354 g/mol. The van der Waals surface area contributed by atoms with Gasteiger partial charge < -0.3 is 10.4 Å². The zero-order valence-corrected chi connectivity index (χ0v) is 16.9. The number of hydrogen-bond acceptors (Lipinski definition) is 2. The van der Waals surface area contributed by atoms with Crippen LogP contribution in [0.4, 0.5) is 0 Å². The van der Waals surface area contributed by atoms with E-state index in [1.807, 2.05) is 0 Å². The Bertz CT molecular complexity index is 313. The lowest BCUT2D eigenvalue weighted by atomic mass is 10.1. The minimum absolute atomic E-state index is 0.123. The van der Waals surface area contributed by atoms with Crippen molar-refractivity contribution in [2.24, 2.45) is 0 Å². The second-order valence-electron chi connectivity index (χ2n) is 7.32. The van der Waals surface area contributed by atoms with Gasteiger partial charge in [-0.05, 0) is 45.4 Å². The molecule has 0 radical (unpaired) electrons. The van der Waals surface area contributed by atoms with Crippen molar-refractivity contribution in [1.82, 2.24) is 5.32 Å². The largest absolute Gasteiger partial charge is 0.393 e. The molecular weight excluding hydrogens is 310 g/mol. The summed E-state index contributed by atoms with van der Waals surface area (Å²) in [6.45, 7) is 4.60. The van der Waals surface area contributed by atoms with Crippen LogP contribution in [0.2, 0.25) is 0 Å². The Labute approximate surface area is 156 Å². The molecule has 0 aromatic rings. The Hall–Kier alpha value is -0.830. The number of amides is 1. The molecule has 0 bridgehead atoms. The van der Waals surface area contributed by atoms with Crippen LogP contribution in [0.15, 0.2) is 12.2 Å². The summed E-state index contributed by atoms with van der Waals surface area (Å²) in [7, 11) is 0. The van der Waals surface area contributed by atoms with Gasteiger partial charge in [-0.15, -0.1) is 0 Å². The summed E-state index contributed by atoms with van der Waals surface area (Å²) in [4.78, 5) is 11.6. The molecule has 0 spiro atoms. The van der Waals surface area contributed by atoms with Gasteiger partial charge in [0, 0.05) is 13.0 Å². The molecule has 0 aromatic carbocycles. The summed E-state index contributed by atoms with van der Waals surface area (Å²) < 4.78 is 0. The smallest absolute Gasteiger partial charge is 0.219 e. The van der Waals surface area contributed by atoms with Crippen molar-refractivity contribution in [3.8, 4) is 0 Å². The van der Waals surface area contributed by atoms with Crippen LogP contribution >= 0.6 is 0 Å². The zero-order chi connectivity index (χ0) is 18.6. The number of aliphatic hydroxyl groups excluding tert-OH is 1. The normalized spacial score (nSPS) is 12.6. The van der Waals surface area contributed by atoms with E-state index in [-0.39, 0.29) is 12.0 Å². The maximum absolute atomic E-state index is 11.6. The van der Waals surface area contributed by atoms with Crippen molar-refractivity contribution >= 4 is 5.91 Å². The average Bonchev–Trinajstić information content (AvgIpc) is 2.58. The summed E-state index contributed by atoms with van der Waals surface area (Å²) in [5, 5.41) is 12.0. The first kappa shape index (κ1) is 24.2. The SMILES string of the molecule is CCCCCCCC/C=C\CCCCCCCC(=O)NCCC(C)O. The molecule has 1 atom stereocenters. The van der Waals surface area contributed by atoms with Crippen LogP contribution in [0.3, 0.4) is 0 Å². The number of allylic oxidation sites excluding steroid dienone is 2. The second-order valence-corrected chi connectivity index (χ2v) is 7.32. The lowest BCUT2D eigenvalue weighted by Crippen LogP contribution is -2.26. The first-order valence-electron chi connectivity index (χ1n) is 10.8. The fourth-order valence-corrected chi connectivity index (χ4v) is 2.87. The Morgan fingerprint density at radius 1 is 0.880 bits per heavy atom. The lowest BCUT2D eigenvalue weighted by molar-refractivity contribution is -0.121. The molecule has 0 aliphatic carbocycles. The van der Waals surface area contributed by atoms with Gasteiger partial charge in [-0.3, -0.25) is 4.79 Å². The number of carbonyl (C=O) groups is 1. The topological polar surface area (TPSA) is 49.3 Å². The highest BCUT2D eigenvalue weighted by molar-refractivity contribution is 5.75. The van der Waals surface area contributed by atoms with Gasteiger partial charge in [0.15, 0.2) is 0 Å². The third kappa shape index (κ3) is 21.1. The van der Waals surface area contributed by atoms with E-state index in [0.29, 0.717) is 19.4 Å². The molecule has 0 aliphatic rings. The van der Waals surface area contributed by atoms with Gasteiger partial charge in [0.2, 0.25) is 5.91 Å². The summed E-state index contributed by atoms with van der Waals surface area (Å²) in [5.41, 5.74) is 0. The molecular formula is C22H43NO2. The Kier molecular flexibility index (Phi) is 18.8. The van der Waals surface area contributed by atoms with Crippen LogP contribution in [-0.4, -0.2) is 23.7 Å². The Balaban J connectivity index is 3.20.